The molecule has 8 nitrogen and oxygen atoms in total. The third-order valence-corrected chi connectivity index (χ3v) is 7.84. The van der Waals surface area contributed by atoms with Crippen LogP contribution in [0.1, 0.15) is 58.8 Å². The summed E-state index contributed by atoms with van der Waals surface area (Å²) in [6.07, 6.45) is 6.41. The fourth-order valence-electron chi connectivity index (χ4n) is 6.41. The smallest absolute Gasteiger partial charge is 0.340 e. The maximum Gasteiger partial charge on any atom is 0.340 e. The Bertz CT molecular complexity index is 1080. The van der Waals surface area contributed by atoms with Gasteiger partial charge >= 0.3 is 5.97 Å². The van der Waals surface area contributed by atoms with E-state index in [2.05, 4.69) is 23.0 Å². The van der Waals surface area contributed by atoms with Crippen molar-refractivity contribution in [2.75, 3.05) is 40.6 Å². The highest BCUT2D eigenvalue weighted by Gasteiger charge is 2.65. The van der Waals surface area contributed by atoms with E-state index in [4.69, 9.17) is 23.4 Å². The Morgan fingerprint density at radius 1 is 1.38 bits per heavy atom. The molecule has 3 aliphatic rings. The first-order valence-electron chi connectivity index (χ1n) is 11.9. The summed E-state index contributed by atoms with van der Waals surface area (Å²) in [5.41, 5.74) is 3.39. The van der Waals surface area contributed by atoms with E-state index in [1.165, 1.54) is 0 Å². The van der Waals surface area contributed by atoms with E-state index in [0.29, 0.717) is 25.0 Å². The number of aromatic amines is 1. The molecule has 1 fully saturated rings. The largest absolute Gasteiger partial charge is 0.466 e. The zero-order valence-corrected chi connectivity index (χ0v) is 20.6. The van der Waals surface area contributed by atoms with Crippen molar-refractivity contribution in [3.63, 3.8) is 0 Å². The molecule has 34 heavy (non-hydrogen) atoms. The quantitative estimate of drug-likeness (QED) is 0.388. The van der Waals surface area contributed by atoms with E-state index in [0.717, 1.165) is 41.2 Å². The van der Waals surface area contributed by atoms with Crippen LogP contribution in [-0.4, -0.2) is 62.6 Å². The minimum Gasteiger partial charge on any atom is -0.466 e. The number of rotatable bonds is 6. The van der Waals surface area contributed by atoms with Gasteiger partial charge in [0.05, 0.1) is 18.4 Å². The van der Waals surface area contributed by atoms with Gasteiger partial charge in [0.2, 0.25) is 0 Å². The standard InChI is InChI=1S/C26H34N2O6/c1-16-13-27-17(2)22(16)24(29)34-18(3)19-6-8-26-20-7-10-31-23(20)21(32-15-30-5)12-25(19,26)14-28(4)9-11-33-26/h6-7,10,13,18,21,27H,8-9,11-12,14-15H2,1-5H3/t18-,21-,25+,26+/m1/s1. The van der Waals surface area contributed by atoms with E-state index < -0.39 is 17.1 Å². The number of carbonyl (C=O) groups excluding carboxylic acids is 1. The molecule has 4 atom stereocenters. The van der Waals surface area contributed by atoms with Crippen molar-refractivity contribution >= 4 is 5.97 Å². The molecule has 0 unspecified atom stereocenters. The second-order valence-electron chi connectivity index (χ2n) is 9.84. The zero-order chi connectivity index (χ0) is 24.1. The Hall–Kier alpha value is -2.39. The SMILES string of the molecule is COCO[C@@H]1C[C@@]23CN(C)CCO[C@@]2(CC=C3[C@@H](C)OC(=O)c2c(C)c[nH]c2C)c2ccoc21. The van der Waals surface area contributed by atoms with Crippen molar-refractivity contribution in [2.45, 2.75) is 51.4 Å². The van der Waals surface area contributed by atoms with Gasteiger partial charge in [0.1, 0.15) is 30.4 Å². The molecule has 0 bridgehead atoms. The monoisotopic (exact) mass is 470 g/mol. The van der Waals surface area contributed by atoms with E-state index in [1.807, 2.05) is 33.0 Å². The predicted octanol–water partition coefficient (Wildman–Crippen LogP) is 4.01. The van der Waals surface area contributed by atoms with Crippen molar-refractivity contribution in [1.29, 1.82) is 0 Å². The van der Waals surface area contributed by atoms with Gasteiger partial charge in [-0.05, 0) is 51.4 Å². The fraction of sp³-hybridized carbons (Fsp3) is 0.577. The minimum atomic E-state index is -0.580. The van der Waals surface area contributed by atoms with Crippen molar-refractivity contribution in [2.24, 2.45) is 5.41 Å². The van der Waals surface area contributed by atoms with Crippen molar-refractivity contribution in [3.05, 3.63) is 58.3 Å². The van der Waals surface area contributed by atoms with Crippen molar-refractivity contribution < 1.29 is 28.2 Å². The molecule has 0 spiro atoms. The average Bonchev–Trinajstić information content (AvgIpc) is 3.46. The molecular weight excluding hydrogens is 436 g/mol. The summed E-state index contributed by atoms with van der Waals surface area (Å²) >= 11 is 0. The molecule has 0 aromatic carbocycles. The lowest BCUT2D eigenvalue weighted by Gasteiger charge is -2.52. The summed E-state index contributed by atoms with van der Waals surface area (Å²) in [5, 5.41) is 0. The third-order valence-electron chi connectivity index (χ3n) is 7.84. The number of fused-ring (bicyclic) bond motifs is 1. The summed E-state index contributed by atoms with van der Waals surface area (Å²) in [4.78, 5) is 18.6. The van der Waals surface area contributed by atoms with E-state index in [1.54, 1.807) is 13.4 Å². The van der Waals surface area contributed by atoms with Crippen LogP contribution in [0.25, 0.3) is 0 Å². The Kier molecular flexibility index (Phi) is 5.96. The number of hydrogen-bond donors (Lipinski definition) is 1. The highest BCUT2D eigenvalue weighted by Crippen LogP contribution is 2.65. The van der Waals surface area contributed by atoms with Crippen LogP contribution in [-0.2, 0) is 24.5 Å². The number of H-pyrrole nitrogens is 1. The van der Waals surface area contributed by atoms with Gasteiger partial charge in [0.25, 0.3) is 0 Å². The maximum absolute atomic E-state index is 13.2. The zero-order valence-electron chi connectivity index (χ0n) is 20.6. The Labute approximate surface area is 200 Å². The summed E-state index contributed by atoms with van der Waals surface area (Å²) < 4.78 is 30.1. The number of furan rings is 1. The topological polar surface area (TPSA) is 86.2 Å². The van der Waals surface area contributed by atoms with Gasteiger partial charge in [0, 0.05) is 49.5 Å². The van der Waals surface area contributed by atoms with Crippen molar-refractivity contribution in [1.82, 2.24) is 9.88 Å². The Morgan fingerprint density at radius 2 is 2.21 bits per heavy atom. The predicted molar refractivity (Wildman–Crippen MR) is 124 cm³/mol. The first-order chi connectivity index (χ1) is 16.3. The summed E-state index contributed by atoms with van der Waals surface area (Å²) in [6.45, 7) is 8.14. The number of hydrogen-bond acceptors (Lipinski definition) is 7. The normalized spacial score (nSPS) is 29.6. The fourth-order valence-corrected chi connectivity index (χ4v) is 6.41. The highest BCUT2D eigenvalue weighted by atomic mass is 16.7. The number of likely N-dealkylation sites (N-methyl/N-ethyl adjacent to an activating group) is 1. The van der Waals surface area contributed by atoms with Crippen LogP contribution in [0.4, 0.5) is 0 Å². The van der Waals surface area contributed by atoms with Gasteiger partial charge in [0.15, 0.2) is 0 Å². The number of ether oxygens (including phenoxy) is 4. The van der Waals surface area contributed by atoms with Crippen LogP contribution in [0.3, 0.4) is 0 Å². The molecule has 0 saturated carbocycles. The van der Waals surface area contributed by atoms with E-state index in [9.17, 15) is 4.79 Å². The first kappa shape index (κ1) is 23.4. The second-order valence-corrected chi connectivity index (χ2v) is 9.84. The number of nitrogens with zero attached hydrogens (tertiary/aromatic N) is 1. The summed E-state index contributed by atoms with van der Waals surface area (Å²) in [6, 6.07) is 2.01. The van der Waals surface area contributed by atoms with Gasteiger partial charge in [-0.15, -0.1) is 0 Å². The van der Waals surface area contributed by atoms with Crippen LogP contribution in [0.2, 0.25) is 0 Å². The van der Waals surface area contributed by atoms with Crippen LogP contribution < -0.4 is 0 Å². The summed E-state index contributed by atoms with van der Waals surface area (Å²) in [7, 11) is 3.73. The van der Waals surface area contributed by atoms with Gasteiger partial charge in [-0.2, -0.15) is 0 Å². The lowest BCUT2D eigenvalue weighted by Crippen LogP contribution is -2.54. The molecule has 1 N–H and O–H groups in total. The van der Waals surface area contributed by atoms with Crippen LogP contribution in [0, 0.1) is 19.3 Å². The second kappa shape index (κ2) is 8.68. The van der Waals surface area contributed by atoms with Crippen LogP contribution in [0.5, 0.6) is 0 Å². The molecule has 5 rings (SSSR count). The van der Waals surface area contributed by atoms with Crippen LogP contribution in [0.15, 0.2) is 34.6 Å². The number of nitrogens with one attached hydrogen (secondary N) is 1. The molecule has 184 valence electrons. The number of methoxy groups -OCH3 is 1. The van der Waals surface area contributed by atoms with Crippen LogP contribution >= 0.6 is 0 Å². The number of carbonyl (C=O) groups is 1. The van der Waals surface area contributed by atoms with Gasteiger partial charge in [-0.1, -0.05) is 6.08 Å². The number of esters is 1. The molecule has 1 saturated heterocycles. The lowest BCUT2D eigenvalue weighted by atomic mass is 9.59. The molecule has 0 amide bonds. The average molecular weight is 471 g/mol. The summed E-state index contributed by atoms with van der Waals surface area (Å²) in [5.74, 6) is 0.489. The molecule has 2 aromatic heterocycles. The Morgan fingerprint density at radius 3 is 2.94 bits per heavy atom. The third kappa shape index (κ3) is 3.39. The highest BCUT2D eigenvalue weighted by molar-refractivity contribution is 5.92. The molecule has 1 aliphatic heterocycles. The van der Waals surface area contributed by atoms with Gasteiger partial charge in [-0.25, -0.2) is 4.79 Å². The molecule has 0 radical (unpaired) electrons. The molecule has 2 aromatic rings. The Balaban J connectivity index is 1.54. The maximum atomic E-state index is 13.2. The first-order valence-corrected chi connectivity index (χ1v) is 11.9. The van der Waals surface area contributed by atoms with E-state index in [-0.39, 0.29) is 18.9 Å². The molecule has 2 aliphatic carbocycles. The molecule has 8 heteroatoms. The molecule has 3 heterocycles. The number of aryl methyl sites for hydroxylation is 2. The number of aromatic nitrogens is 1. The minimum absolute atomic E-state index is 0.167. The van der Waals surface area contributed by atoms with Gasteiger partial charge < -0.3 is 33.2 Å². The lowest BCUT2D eigenvalue weighted by molar-refractivity contribution is -0.160. The van der Waals surface area contributed by atoms with E-state index >= 15 is 0 Å². The molecular formula is C26H34N2O6. The van der Waals surface area contributed by atoms with Gasteiger partial charge in [-0.3, -0.25) is 0 Å². The van der Waals surface area contributed by atoms with Crippen molar-refractivity contribution in [3.8, 4) is 0 Å².